The zero-order valence-corrected chi connectivity index (χ0v) is 19.7. The average Bonchev–Trinajstić information content (AvgIpc) is 3.60. The van der Waals surface area contributed by atoms with Crippen LogP contribution in [0, 0.1) is 0 Å². The highest BCUT2D eigenvalue weighted by molar-refractivity contribution is 5.84. The number of hydrogen-bond acceptors (Lipinski definition) is 8. The van der Waals surface area contributed by atoms with Gasteiger partial charge in [0, 0.05) is 41.3 Å². The second-order valence-electron chi connectivity index (χ2n) is 9.11. The lowest BCUT2D eigenvalue weighted by molar-refractivity contribution is -0.150. The molecule has 0 aliphatic carbocycles. The molecule has 1 unspecified atom stereocenters. The van der Waals surface area contributed by atoms with Crippen molar-refractivity contribution in [3.63, 3.8) is 0 Å². The number of esters is 1. The Morgan fingerprint density at radius 3 is 2.64 bits per heavy atom. The maximum Gasteiger partial charge on any atom is 0.329 e. The number of aromatic amines is 1. The molecule has 182 valence electrons. The molecule has 4 aromatic rings. The van der Waals surface area contributed by atoms with E-state index in [0.29, 0.717) is 18.1 Å². The first-order chi connectivity index (χ1) is 17.7. The number of aromatic nitrogens is 4. The Kier molecular flexibility index (Phi) is 6.05. The van der Waals surface area contributed by atoms with E-state index in [9.17, 15) is 4.79 Å². The normalized spacial score (nSPS) is 17.3. The van der Waals surface area contributed by atoms with Gasteiger partial charge in [-0.15, -0.1) is 0 Å². The molecule has 4 N–H and O–H groups in total. The monoisotopic (exact) mass is 481 g/mol. The second-order valence-corrected chi connectivity index (χ2v) is 9.11. The third kappa shape index (κ3) is 4.78. The minimum Gasteiger partial charge on any atom is -0.461 e. The summed E-state index contributed by atoms with van der Waals surface area (Å²) in [6, 6.07) is 15.6. The molecule has 2 aliphatic heterocycles. The Balaban J connectivity index is 1.13. The van der Waals surface area contributed by atoms with Gasteiger partial charge in [0.25, 0.3) is 0 Å². The van der Waals surface area contributed by atoms with E-state index in [2.05, 4.69) is 31.1 Å². The minimum atomic E-state index is -0.357. The Morgan fingerprint density at radius 2 is 1.83 bits per heavy atom. The zero-order valence-electron chi connectivity index (χ0n) is 19.7. The maximum absolute atomic E-state index is 12.7. The molecular formula is C27H27N7O2. The number of hydrogen-bond donors (Lipinski definition) is 4. The fourth-order valence-electron chi connectivity index (χ4n) is 4.66. The molecule has 9 nitrogen and oxygen atoms in total. The van der Waals surface area contributed by atoms with E-state index in [-0.39, 0.29) is 18.1 Å². The Hall–Kier alpha value is -4.24. The van der Waals surface area contributed by atoms with E-state index < -0.39 is 0 Å². The van der Waals surface area contributed by atoms with Crippen molar-refractivity contribution >= 4 is 23.2 Å². The summed E-state index contributed by atoms with van der Waals surface area (Å²) in [5, 5.41) is 16.8. The van der Waals surface area contributed by atoms with Gasteiger partial charge in [-0.3, -0.25) is 5.10 Å². The van der Waals surface area contributed by atoms with Crippen LogP contribution < -0.4 is 16.0 Å². The first kappa shape index (κ1) is 22.2. The van der Waals surface area contributed by atoms with Gasteiger partial charge in [-0.25, -0.2) is 14.8 Å². The van der Waals surface area contributed by atoms with Gasteiger partial charge in [-0.2, -0.15) is 5.10 Å². The zero-order chi connectivity index (χ0) is 24.3. The number of carbonyl (C=O) groups excluding carboxylic acids is 1. The fourth-order valence-corrected chi connectivity index (χ4v) is 4.66. The molecule has 1 atom stereocenters. The standard InChI is InChI=1S/C27H27N7O2/c35-27(36-22-7-10-28-11-8-22)24-13-18-1-2-19(14-23(18)33-24)26-29-12-9-25(34-26)32-21-5-3-17(4-6-21)20-15-30-31-16-20/h1-6,9,12,14-16,22,24,28,33H,7-8,10-11,13H2,(H,30,31)(H,29,32,34). The topological polar surface area (TPSA) is 117 Å². The molecule has 2 aromatic heterocycles. The van der Waals surface area contributed by atoms with Crippen LogP contribution in [0.1, 0.15) is 18.4 Å². The number of carbonyl (C=O) groups is 1. The summed E-state index contributed by atoms with van der Waals surface area (Å²) < 4.78 is 5.74. The molecule has 36 heavy (non-hydrogen) atoms. The molecule has 9 heteroatoms. The second kappa shape index (κ2) is 9.79. The molecular weight excluding hydrogens is 454 g/mol. The summed E-state index contributed by atoms with van der Waals surface area (Å²) in [4.78, 5) is 21.9. The molecule has 1 saturated heterocycles. The summed E-state index contributed by atoms with van der Waals surface area (Å²) in [6.07, 6.45) is 7.76. The first-order valence-corrected chi connectivity index (χ1v) is 12.2. The van der Waals surface area contributed by atoms with Crippen LogP contribution in [0.3, 0.4) is 0 Å². The molecule has 0 amide bonds. The summed E-state index contributed by atoms with van der Waals surface area (Å²) in [6.45, 7) is 1.79. The predicted octanol–water partition coefficient (Wildman–Crippen LogP) is 3.91. The third-order valence-electron chi connectivity index (χ3n) is 6.62. The van der Waals surface area contributed by atoms with Crippen molar-refractivity contribution in [2.45, 2.75) is 31.4 Å². The SMILES string of the molecule is O=C(OC1CCNCC1)C1Cc2ccc(-c3nccc(Nc4ccc(-c5cn[nH]c5)cc4)n3)cc2N1. The summed E-state index contributed by atoms with van der Waals surface area (Å²) >= 11 is 0. The van der Waals surface area contributed by atoms with Gasteiger partial charge in [0.05, 0.1) is 6.20 Å². The molecule has 0 saturated carbocycles. The van der Waals surface area contributed by atoms with Gasteiger partial charge in [-0.05, 0) is 61.3 Å². The van der Waals surface area contributed by atoms with Crippen LogP contribution in [-0.2, 0) is 16.0 Å². The van der Waals surface area contributed by atoms with Crippen LogP contribution >= 0.6 is 0 Å². The quantitative estimate of drug-likeness (QED) is 0.306. The first-order valence-electron chi connectivity index (χ1n) is 12.2. The van der Waals surface area contributed by atoms with Crippen LogP contribution in [0.5, 0.6) is 0 Å². The Bertz CT molecular complexity index is 1350. The van der Waals surface area contributed by atoms with Crippen molar-refractivity contribution in [1.29, 1.82) is 0 Å². The van der Waals surface area contributed by atoms with E-state index in [1.807, 2.05) is 54.7 Å². The van der Waals surface area contributed by atoms with Gasteiger partial charge in [0.15, 0.2) is 5.82 Å². The summed E-state index contributed by atoms with van der Waals surface area (Å²) in [5.41, 5.74) is 5.96. The molecule has 0 radical (unpaired) electrons. The number of nitrogens with zero attached hydrogens (tertiary/aromatic N) is 3. The van der Waals surface area contributed by atoms with Crippen molar-refractivity contribution in [2.24, 2.45) is 0 Å². The van der Waals surface area contributed by atoms with Crippen molar-refractivity contribution in [1.82, 2.24) is 25.5 Å². The smallest absolute Gasteiger partial charge is 0.329 e. The minimum absolute atomic E-state index is 0.00492. The van der Waals surface area contributed by atoms with Gasteiger partial charge in [0.1, 0.15) is 18.0 Å². The number of rotatable bonds is 6. The number of fused-ring (bicyclic) bond motifs is 1. The average molecular weight is 482 g/mol. The molecule has 6 rings (SSSR count). The lowest BCUT2D eigenvalue weighted by Crippen LogP contribution is -2.38. The number of benzene rings is 2. The fraction of sp³-hybridized carbons (Fsp3) is 0.259. The van der Waals surface area contributed by atoms with E-state index >= 15 is 0 Å². The molecule has 4 heterocycles. The van der Waals surface area contributed by atoms with Crippen molar-refractivity contribution in [3.8, 4) is 22.5 Å². The van der Waals surface area contributed by atoms with Crippen LogP contribution in [0.2, 0.25) is 0 Å². The summed E-state index contributed by atoms with van der Waals surface area (Å²) in [5.74, 6) is 1.13. The van der Waals surface area contributed by atoms with E-state index in [1.54, 1.807) is 12.4 Å². The van der Waals surface area contributed by atoms with Gasteiger partial charge in [-0.1, -0.05) is 24.3 Å². The number of anilines is 3. The summed E-state index contributed by atoms with van der Waals surface area (Å²) in [7, 11) is 0. The molecule has 0 spiro atoms. The van der Waals surface area contributed by atoms with Crippen LogP contribution in [0.25, 0.3) is 22.5 Å². The highest BCUT2D eigenvalue weighted by Crippen LogP contribution is 2.31. The van der Waals surface area contributed by atoms with Gasteiger partial charge in [0.2, 0.25) is 0 Å². The Labute approximate surface area is 208 Å². The number of H-pyrrole nitrogens is 1. The number of piperidine rings is 1. The van der Waals surface area contributed by atoms with E-state index in [1.165, 1.54) is 0 Å². The van der Waals surface area contributed by atoms with Crippen LogP contribution in [0.4, 0.5) is 17.2 Å². The largest absolute Gasteiger partial charge is 0.461 e. The maximum atomic E-state index is 12.7. The van der Waals surface area contributed by atoms with Crippen LogP contribution in [0.15, 0.2) is 67.1 Å². The third-order valence-corrected chi connectivity index (χ3v) is 6.62. The van der Waals surface area contributed by atoms with Gasteiger partial charge < -0.3 is 20.7 Å². The molecule has 2 aliphatic rings. The van der Waals surface area contributed by atoms with Crippen LogP contribution in [-0.4, -0.2) is 51.4 Å². The van der Waals surface area contributed by atoms with E-state index in [0.717, 1.165) is 59.6 Å². The number of ether oxygens (including phenoxy) is 1. The Morgan fingerprint density at radius 1 is 1.00 bits per heavy atom. The number of nitrogens with one attached hydrogen (secondary N) is 4. The van der Waals surface area contributed by atoms with E-state index in [4.69, 9.17) is 9.72 Å². The highest BCUT2D eigenvalue weighted by atomic mass is 16.5. The predicted molar refractivity (Wildman–Crippen MR) is 138 cm³/mol. The van der Waals surface area contributed by atoms with Crippen molar-refractivity contribution < 1.29 is 9.53 Å². The lowest BCUT2D eigenvalue weighted by atomic mass is 10.1. The molecule has 0 bridgehead atoms. The highest BCUT2D eigenvalue weighted by Gasteiger charge is 2.30. The molecule has 2 aromatic carbocycles. The molecule has 1 fully saturated rings. The lowest BCUT2D eigenvalue weighted by Gasteiger charge is -2.24. The van der Waals surface area contributed by atoms with Crippen molar-refractivity contribution in [3.05, 3.63) is 72.7 Å². The van der Waals surface area contributed by atoms with Crippen molar-refractivity contribution in [2.75, 3.05) is 23.7 Å². The van der Waals surface area contributed by atoms with Gasteiger partial charge >= 0.3 is 5.97 Å².